The fraction of sp³-hybridized carbons (Fsp3) is 0.276. The summed E-state index contributed by atoms with van der Waals surface area (Å²) >= 11 is 6.24. The van der Waals surface area contributed by atoms with Gasteiger partial charge in [0.25, 0.3) is 0 Å². The van der Waals surface area contributed by atoms with Crippen LogP contribution in [0, 0.1) is 11.7 Å². The van der Waals surface area contributed by atoms with Gasteiger partial charge >= 0.3 is 0 Å². The molecular weight excluding hydrogens is 507 g/mol. The van der Waals surface area contributed by atoms with Crippen LogP contribution in [-0.2, 0) is 24.5 Å². The molecule has 1 aromatic heterocycles. The maximum absolute atomic E-state index is 13.0. The lowest BCUT2D eigenvalue weighted by atomic mass is 9.97. The summed E-state index contributed by atoms with van der Waals surface area (Å²) in [6.07, 6.45) is 1.76. The fourth-order valence-electron chi connectivity index (χ4n) is 4.46. The van der Waals surface area contributed by atoms with Crippen LogP contribution in [0.4, 0.5) is 4.39 Å². The maximum Gasteiger partial charge on any atom is 0.241 e. The number of nitrogens with zero attached hydrogens (tertiary/aromatic N) is 3. The predicted molar refractivity (Wildman–Crippen MR) is 142 cm³/mol. The molecule has 0 aliphatic carbocycles. The highest BCUT2D eigenvalue weighted by molar-refractivity contribution is 6.33. The van der Waals surface area contributed by atoms with Gasteiger partial charge in [-0.2, -0.15) is 4.98 Å². The number of benzene rings is 3. The van der Waals surface area contributed by atoms with Crippen LogP contribution in [0.25, 0.3) is 11.4 Å². The van der Waals surface area contributed by atoms with Gasteiger partial charge in [0, 0.05) is 18.7 Å². The average molecular weight is 535 g/mol. The van der Waals surface area contributed by atoms with Gasteiger partial charge in [0.2, 0.25) is 17.6 Å². The first-order valence-corrected chi connectivity index (χ1v) is 12.9. The first-order chi connectivity index (χ1) is 18.5. The molecule has 1 aliphatic rings. The molecule has 1 amide bonds. The quantitative estimate of drug-likeness (QED) is 0.299. The second-order valence-electron chi connectivity index (χ2n) is 9.34. The van der Waals surface area contributed by atoms with Crippen molar-refractivity contribution < 1.29 is 18.4 Å². The molecule has 1 unspecified atom stereocenters. The molecule has 1 fully saturated rings. The van der Waals surface area contributed by atoms with Crippen LogP contribution in [0.5, 0.6) is 5.75 Å². The lowest BCUT2D eigenvalue weighted by Crippen LogP contribution is -2.42. The van der Waals surface area contributed by atoms with Crippen LogP contribution >= 0.6 is 11.6 Å². The molecule has 5 rings (SSSR count). The summed E-state index contributed by atoms with van der Waals surface area (Å²) in [6, 6.07) is 21.2. The maximum atomic E-state index is 13.0. The molecule has 0 bridgehead atoms. The van der Waals surface area contributed by atoms with Crippen LogP contribution in [0.1, 0.15) is 29.9 Å². The summed E-state index contributed by atoms with van der Waals surface area (Å²) in [5.41, 5.74) is 2.61. The number of carbonyl (C=O) groups excluding carboxylic acids is 1. The largest absolute Gasteiger partial charge is 0.489 e. The van der Waals surface area contributed by atoms with Crippen LogP contribution in [0.2, 0.25) is 5.02 Å². The Morgan fingerprint density at radius 3 is 2.63 bits per heavy atom. The number of hydrogen-bond acceptors (Lipinski definition) is 6. The summed E-state index contributed by atoms with van der Waals surface area (Å²) in [5, 5.41) is 7.70. The minimum Gasteiger partial charge on any atom is -0.489 e. The number of halogens is 2. The van der Waals surface area contributed by atoms with Gasteiger partial charge in [0.1, 0.15) is 18.2 Å². The van der Waals surface area contributed by atoms with Crippen LogP contribution < -0.4 is 10.1 Å². The van der Waals surface area contributed by atoms with Crippen molar-refractivity contribution in [3.05, 3.63) is 101 Å². The molecule has 38 heavy (non-hydrogen) atoms. The number of nitrogens with one attached hydrogen (secondary N) is 1. The van der Waals surface area contributed by atoms with E-state index in [0.717, 1.165) is 36.1 Å². The van der Waals surface area contributed by atoms with Crippen molar-refractivity contribution in [1.29, 1.82) is 0 Å². The third kappa shape index (κ3) is 6.76. The highest BCUT2D eigenvalue weighted by Crippen LogP contribution is 2.26. The topological polar surface area (TPSA) is 80.5 Å². The summed E-state index contributed by atoms with van der Waals surface area (Å²) in [6.45, 7) is 2.79. The minimum atomic E-state index is -0.268. The Morgan fingerprint density at radius 2 is 1.84 bits per heavy atom. The van der Waals surface area contributed by atoms with E-state index in [-0.39, 0.29) is 17.6 Å². The van der Waals surface area contributed by atoms with Gasteiger partial charge in [-0.1, -0.05) is 53.2 Å². The van der Waals surface area contributed by atoms with E-state index in [1.165, 1.54) is 12.1 Å². The molecular formula is C29H28ClFN4O3. The normalized spacial score (nSPS) is 15.8. The van der Waals surface area contributed by atoms with E-state index < -0.39 is 0 Å². The van der Waals surface area contributed by atoms with Crippen molar-refractivity contribution in [2.75, 3.05) is 13.1 Å². The summed E-state index contributed by atoms with van der Waals surface area (Å²) in [4.78, 5) is 19.6. The van der Waals surface area contributed by atoms with Crippen molar-refractivity contribution >= 4 is 17.5 Å². The summed E-state index contributed by atoms with van der Waals surface area (Å²) in [5.74, 6) is 1.34. The number of hydrogen-bond donors (Lipinski definition) is 1. The Labute approximate surface area is 225 Å². The molecule has 0 radical (unpaired) electrons. The molecule has 2 heterocycles. The first kappa shape index (κ1) is 25.9. The molecule has 1 atom stereocenters. The molecule has 1 saturated heterocycles. The zero-order valence-corrected chi connectivity index (χ0v) is 21.5. The standard InChI is InChI=1S/C29H28ClFN4O3/c30-26-6-2-1-5-25(26)28-33-27(38-34-28)18-35-15-3-4-22(17-35)29(36)32-16-20-9-13-24(14-10-20)37-19-21-7-11-23(31)12-8-21/h1-2,5-14,22H,3-4,15-19H2,(H,32,36). The lowest BCUT2D eigenvalue weighted by Gasteiger charge is -2.30. The van der Waals surface area contributed by atoms with Crippen molar-refractivity contribution in [2.45, 2.75) is 32.5 Å². The number of carbonyl (C=O) groups is 1. The summed E-state index contributed by atoms with van der Waals surface area (Å²) in [7, 11) is 0. The van der Waals surface area contributed by atoms with E-state index in [0.29, 0.717) is 48.7 Å². The fourth-order valence-corrected chi connectivity index (χ4v) is 4.68. The summed E-state index contributed by atoms with van der Waals surface area (Å²) < 4.78 is 24.2. The predicted octanol–water partition coefficient (Wildman–Crippen LogP) is 5.64. The number of likely N-dealkylation sites (tertiary alicyclic amines) is 1. The molecule has 0 saturated carbocycles. The molecule has 0 spiro atoms. The minimum absolute atomic E-state index is 0.0358. The van der Waals surface area contributed by atoms with E-state index in [9.17, 15) is 9.18 Å². The molecule has 7 nitrogen and oxygen atoms in total. The van der Waals surface area contributed by atoms with E-state index in [2.05, 4.69) is 20.4 Å². The van der Waals surface area contributed by atoms with Gasteiger partial charge < -0.3 is 14.6 Å². The van der Waals surface area contributed by atoms with E-state index in [1.54, 1.807) is 18.2 Å². The van der Waals surface area contributed by atoms with Crippen LogP contribution in [0.15, 0.2) is 77.3 Å². The monoisotopic (exact) mass is 534 g/mol. The molecule has 9 heteroatoms. The van der Waals surface area contributed by atoms with Gasteiger partial charge in [0.05, 0.1) is 17.5 Å². The zero-order valence-electron chi connectivity index (χ0n) is 20.8. The van der Waals surface area contributed by atoms with Gasteiger partial charge in [-0.15, -0.1) is 0 Å². The Hall–Kier alpha value is -3.75. The van der Waals surface area contributed by atoms with Crippen molar-refractivity contribution in [3.63, 3.8) is 0 Å². The average Bonchev–Trinajstić information content (AvgIpc) is 3.40. The Kier molecular flexibility index (Phi) is 8.31. The van der Waals surface area contributed by atoms with Gasteiger partial charge in [-0.05, 0) is 66.9 Å². The van der Waals surface area contributed by atoms with Crippen LogP contribution in [0.3, 0.4) is 0 Å². The smallest absolute Gasteiger partial charge is 0.241 e. The highest BCUT2D eigenvalue weighted by Gasteiger charge is 2.27. The third-order valence-electron chi connectivity index (χ3n) is 6.53. The van der Waals surface area contributed by atoms with E-state index in [1.807, 2.05) is 42.5 Å². The second kappa shape index (κ2) is 12.2. The number of ether oxygens (including phenoxy) is 1. The van der Waals surface area contributed by atoms with Crippen molar-refractivity contribution in [2.24, 2.45) is 5.92 Å². The Morgan fingerprint density at radius 1 is 1.08 bits per heavy atom. The molecule has 3 aromatic carbocycles. The SMILES string of the molecule is O=C(NCc1ccc(OCc2ccc(F)cc2)cc1)C1CCCN(Cc2nc(-c3ccccc3Cl)no2)C1. The van der Waals surface area contributed by atoms with Gasteiger partial charge in [-0.25, -0.2) is 4.39 Å². The Bertz CT molecular complexity index is 1360. The Balaban J connectivity index is 1.08. The molecule has 1 N–H and O–H groups in total. The van der Waals surface area contributed by atoms with Crippen LogP contribution in [-0.4, -0.2) is 34.0 Å². The number of piperidine rings is 1. The van der Waals surface area contributed by atoms with Crippen molar-refractivity contribution in [3.8, 4) is 17.1 Å². The second-order valence-corrected chi connectivity index (χ2v) is 9.75. The molecule has 196 valence electrons. The lowest BCUT2D eigenvalue weighted by molar-refractivity contribution is -0.127. The highest BCUT2D eigenvalue weighted by atomic mass is 35.5. The molecule has 4 aromatic rings. The zero-order chi connectivity index (χ0) is 26.3. The van der Waals surface area contributed by atoms with E-state index >= 15 is 0 Å². The van der Waals surface area contributed by atoms with E-state index in [4.69, 9.17) is 20.9 Å². The van der Waals surface area contributed by atoms with Crippen molar-refractivity contribution in [1.82, 2.24) is 20.4 Å². The van der Waals surface area contributed by atoms with Gasteiger partial charge in [-0.3, -0.25) is 9.69 Å². The number of amides is 1. The first-order valence-electron chi connectivity index (χ1n) is 12.6. The number of rotatable bonds is 9. The number of aromatic nitrogens is 2. The van der Waals surface area contributed by atoms with Gasteiger partial charge in [0.15, 0.2) is 0 Å². The third-order valence-corrected chi connectivity index (χ3v) is 6.86. The molecule has 1 aliphatic heterocycles.